The minimum absolute atomic E-state index is 0.0167. The van der Waals surface area contributed by atoms with Crippen LogP contribution in [-0.2, 0) is 23.9 Å². The number of hydrogen-bond acceptors (Lipinski definition) is 6. The van der Waals surface area contributed by atoms with E-state index in [1.54, 1.807) is 0 Å². The van der Waals surface area contributed by atoms with Crippen molar-refractivity contribution < 1.29 is 23.9 Å². The Morgan fingerprint density at radius 1 is 1.00 bits per heavy atom. The molecule has 14 atom stereocenters. The van der Waals surface area contributed by atoms with Crippen molar-refractivity contribution in [3.05, 3.63) is 0 Å². The molecule has 4 saturated carbocycles. The van der Waals surface area contributed by atoms with Gasteiger partial charge in [0.25, 0.3) is 0 Å². The van der Waals surface area contributed by atoms with Gasteiger partial charge in [-0.05, 0) is 91.8 Å². The van der Waals surface area contributed by atoms with E-state index in [0.717, 1.165) is 71.3 Å². The Kier molecular flexibility index (Phi) is 7.13. The van der Waals surface area contributed by atoms with Crippen molar-refractivity contribution in [2.45, 2.75) is 110 Å². The number of hydrogen-bond donors (Lipinski definition) is 2. The fourth-order valence-corrected chi connectivity index (χ4v) is 12.7. The Morgan fingerprint density at radius 2 is 1.77 bits per heavy atom. The van der Waals surface area contributed by atoms with E-state index in [2.05, 4.69) is 38.3 Å². The van der Waals surface area contributed by atoms with Gasteiger partial charge in [0.1, 0.15) is 12.2 Å². The summed E-state index contributed by atoms with van der Waals surface area (Å²) in [7, 11) is 0. The van der Waals surface area contributed by atoms with Crippen LogP contribution in [0.5, 0.6) is 0 Å². The van der Waals surface area contributed by atoms with Gasteiger partial charge in [0.05, 0.1) is 12.7 Å². The molecular formula is C36H55N3O5. The molecule has 0 bridgehead atoms. The first-order valence-electron chi connectivity index (χ1n) is 18.1. The zero-order chi connectivity index (χ0) is 30.6. The van der Waals surface area contributed by atoms with Crippen LogP contribution >= 0.6 is 0 Å². The highest BCUT2D eigenvalue weighted by Crippen LogP contribution is 2.70. The number of carbonyl (C=O) groups excluding carboxylic acids is 3. The highest BCUT2D eigenvalue weighted by atomic mass is 16.7. The Hall–Kier alpha value is -1.51. The molecule has 2 amide bonds. The summed E-state index contributed by atoms with van der Waals surface area (Å²) in [6.45, 7) is 13.6. The maximum Gasteiger partial charge on any atom is 0.232 e. The topological polar surface area (TPSA) is 97.0 Å². The molecule has 0 aromatic heterocycles. The van der Waals surface area contributed by atoms with Crippen LogP contribution in [0.15, 0.2) is 0 Å². The van der Waals surface area contributed by atoms with Crippen LogP contribution < -0.4 is 10.6 Å². The zero-order valence-corrected chi connectivity index (χ0v) is 27.4. The molecule has 2 N–H and O–H groups in total. The number of amides is 2. The van der Waals surface area contributed by atoms with E-state index in [9.17, 15) is 14.4 Å². The van der Waals surface area contributed by atoms with E-state index >= 15 is 0 Å². The van der Waals surface area contributed by atoms with E-state index < -0.39 is 5.79 Å². The van der Waals surface area contributed by atoms with Crippen LogP contribution in [0.1, 0.15) is 91.9 Å². The van der Waals surface area contributed by atoms with E-state index in [-0.39, 0.29) is 53.0 Å². The molecule has 4 aliphatic carbocycles. The summed E-state index contributed by atoms with van der Waals surface area (Å²) >= 11 is 0. The third-order valence-corrected chi connectivity index (χ3v) is 15.2. The summed E-state index contributed by atoms with van der Waals surface area (Å²) in [5.74, 6) is 3.92. The molecule has 4 heterocycles. The van der Waals surface area contributed by atoms with Crippen LogP contribution in [0.4, 0.5) is 0 Å². The molecular weight excluding hydrogens is 554 g/mol. The Morgan fingerprint density at radius 3 is 2.50 bits per heavy atom. The van der Waals surface area contributed by atoms with Gasteiger partial charge in [-0.25, -0.2) is 0 Å². The second-order valence-electron chi connectivity index (χ2n) is 17.2. The van der Waals surface area contributed by atoms with Crippen molar-refractivity contribution >= 4 is 17.6 Å². The second-order valence-corrected chi connectivity index (χ2v) is 17.2. The van der Waals surface area contributed by atoms with E-state index in [1.807, 2.05) is 4.90 Å². The maximum atomic E-state index is 14.4. The minimum Gasteiger partial charge on any atom is -0.353 e. The Bertz CT molecular complexity index is 1190. The molecule has 0 aromatic carbocycles. The summed E-state index contributed by atoms with van der Waals surface area (Å²) in [5.41, 5.74) is -0.182. The molecule has 4 aliphatic heterocycles. The lowest BCUT2D eigenvalue weighted by Crippen LogP contribution is -2.59. The summed E-state index contributed by atoms with van der Waals surface area (Å²) in [4.78, 5) is 42.2. The number of likely N-dealkylation sites (tertiary alicyclic amines) is 1. The lowest BCUT2D eigenvalue weighted by Gasteiger charge is -2.60. The highest BCUT2D eigenvalue weighted by Gasteiger charge is 2.71. The summed E-state index contributed by atoms with van der Waals surface area (Å²) in [6.07, 6.45) is 9.20. The normalized spacial score (nSPS) is 52.7. The third kappa shape index (κ3) is 4.35. The third-order valence-electron chi connectivity index (χ3n) is 15.2. The predicted octanol–water partition coefficient (Wildman–Crippen LogP) is 4.16. The fraction of sp³-hybridized carbons (Fsp3) is 0.917. The molecule has 44 heavy (non-hydrogen) atoms. The molecule has 2 unspecified atom stereocenters. The van der Waals surface area contributed by atoms with Gasteiger partial charge in [-0.15, -0.1) is 0 Å². The second kappa shape index (κ2) is 10.5. The summed E-state index contributed by atoms with van der Waals surface area (Å²) in [6, 6.07) is 0.131. The fourth-order valence-electron chi connectivity index (χ4n) is 12.7. The number of nitrogens with zero attached hydrogens (tertiary/aromatic N) is 1. The average molecular weight is 610 g/mol. The SMILES string of the molecule is C[C@@H]1CC[C@@]2(OC1)O[C@H]1C[C@H]3[C@@H]4CC[C@H]5C[C@@H](NC(=O)CC(=O)N6CC7CNCC7C6)CC[C@]5(C)[C@H]4CC(=O)[C@]3(C)[C@H]1[C@@H]2C. The summed E-state index contributed by atoms with van der Waals surface area (Å²) < 4.78 is 13.3. The predicted molar refractivity (Wildman–Crippen MR) is 165 cm³/mol. The molecule has 8 aliphatic rings. The van der Waals surface area contributed by atoms with Crippen molar-refractivity contribution in [3.8, 4) is 0 Å². The van der Waals surface area contributed by atoms with Crippen LogP contribution in [-0.4, -0.2) is 73.2 Å². The molecule has 0 radical (unpaired) electrons. The van der Waals surface area contributed by atoms with Crippen molar-refractivity contribution in [2.75, 3.05) is 32.8 Å². The first kappa shape index (κ1) is 29.9. The number of rotatable bonds is 3. The molecule has 0 aromatic rings. The van der Waals surface area contributed by atoms with Crippen LogP contribution in [0, 0.1) is 64.1 Å². The summed E-state index contributed by atoms with van der Waals surface area (Å²) in [5, 5.41) is 6.68. The number of ketones is 1. The smallest absolute Gasteiger partial charge is 0.232 e. The van der Waals surface area contributed by atoms with Crippen molar-refractivity contribution in [1.82, 2.24) is 15.5 Å². The molecule has 8 nitrogen and oxygen atoms in total. The number of fused-ring (bicyclic) bond motifs is 8. The molecule has 8 rings (SSSR count). The van der Waals surface area contributed by atoms with Crippen LogP contribution in [0.25, 0.3) is 0 Å². The zero-order valence-electron chi connectivity index (χ0n) is 27.4. The molecule has 8 fully saturated rings. The van der Waals surface area contributed by atoms with E-state index in [1.165, 1.54) is 12.8 Å². The first-order valence-corrected chi connectivity index (χ1v) is 18.1. The Labute approximate surface area is 263 Å². The molecule has 1 spiro atoms. The highest BCUT2D eigenvalue weighted by molar-refractivity contribution is 5.97. The number of ether oxygens (including phenoxy) is 2. The van der Waals surface area contributed by atoms with Crippen LogP contribution in [0.2, 0.25) is 0 Å². The Balaban J connectivity index is 0.910. The van der Waals surface area contributed by atoms with Gasteiger partial charge in [0.2, 0.25) is 11.8 Å². The van der Waals surface area contributed by atoms with Crippen molar-refractivity contribution in [3.63, 3.8) is 0 Å². The van der Waals surface area contributed by atoms with Gasteiger partial charge in [0.15, 0.2) is 5.79 Å². The lowest BCUT2D eigenvalue weighted by atomic mass is 9.44. The van der Waals surface area contributed by atoms with Gasteiger partial charge in [-0.2, -0.15) is 0 Å². The van der Waals surface area contributed by atoms with Gasteiger partial charge in [0, 0.05) is 62.3 Å². The molecule has 244 valence electrons. The number of Topliss-reactive ketones (excluding diaryl/α,β-unsaturated/α-hetero) is 1. The first-order chi connectivity index (χ1) is 21.0. The van der Waals surface area contributed by atoms with Crippen molar-refractivity contribution in [1.29, 1.82) is 0 Å². The van der Waals surface area contributed by atoms with Gasteiger partial charge in [-0.3, -0.25) is 14.4 Å². The number of carbonyl (C=O) groups is 3. The minimum atomic E-state index is -0.491. The van der Waals surface area contributed by atoms with E-state index in [4.69, 9.17) is 9.47 Å². The molecule has 4 saturated heterocycles. The van der Waals surface area contributed by atoms with Gasteiger partial charge in [-0.1, -0.05) is 27.7 Å². The maximum absolute atomic E-state index is 14.4. The van der Waals surface area contributed by atoms with E-state index in [0.29, 0.717) is 53.6 Å². The number of nitrogens with one attached hydrogen (secondary N) is 2. The van der Waals surface area contributed by atoms with Crippen molar-refractivity contribution in [2.24, 2.45) is 64.1 Å². The molecule has 8 heteroatoms. The average Bonchev–Trinajstić information content (AvgIpc) is 3.72. The van der Waals surface area contributed by atoms with Gasteiger partial charge < -0.3 is 25.0 Å². The van der Waals surface area contributed by atoms with Crippen LogP contribution in [0.3, 0.4) is 0 Å². The quantitative estimate of drug-likeness (QED) is 0.467. The van der Waals surface area contributed by atoms with Gasteiger partial charge >= 0.3 is 0 Å². The monoisotopic (exact) mass is 609 g/mol. The standard InChI is InChI=1S/C36H55N3O5/c1-20-7-10-36(43-19-20)21(2)33-29(44-36)12-28-26-6-5-24-11-25(8-9-34(24,3)27(26)13-30(40)35(28,33)4)38-31(41)14-32(42)39-17-22-15-37-16-23(22)18-39/h20-29,33,37H,5-19H2,1-4H3,(H,38,41)/t20-,21+,22?,23?,24+,25+,26-,27+,28+,29+,33+,34+,35-,36-/m1/s1. The largest absolute Gasteiger partial charge is 0.353 e. The lowest BCUT2D eigenvalue weighted by molar-refractivity contribution is -0.272.